The Hall–Kier alpha value is -2.22. The number of rotatable bonds is 12. The molecule has 0 heterocycles. The Morgan fingerprint density at radius 3 is 1.71 bits per heavy atom. The van der Waals surface area contributed by atoms with Crippen LogP contribution in [0.25, 0.3) is 6.08 Å². The molecule has 28 heavy (non-hydrogen) atoms. The van der Waals surface area contributed by atoms with Gasteiger partial charge in [0.05, 0.1) is 13.2 Å². The minimum Gasteiger partial charge on any atom is -0.494 e. The first kappa shape index (κ1) is 23.8. The average Bonchev–Trinajstić information content (AvgIpc) is 2.73. The standard InChI is InChI=1S/C15H22O.C11H16O/c1-3-5-6-7-8-13-16-15-11-9-14(4-2)10-12-15;1-3-4-9-12-11-7-5-10(2)6-8-11/h4,9-12H,2-3,5-8,13H2,1H3;5-8H,3-4,9H2,1-2H3. The molecule has 2 rings (SSSR count). The van der Waals surface area contributed by atoms with Gasteiger partial charge in [0.25, 0.3) is 0 Å². The molecule has 0 aliphatic carbocycles. The molecule has 0 N–H and O–H groups in total. The maximum atomic E-state index is 5.65. The lowest BCUT2D eigenvalue weighted by atomic mass is 10.2. The summed E-state index contributed by atoms with van der Waals surface area (Å²) in [4.78, 5) is 0. The van der Waals surface area contributed by atoms with E-state index in [-0.39, 0.29) is 0 Å². The van der Waals surface area contributed by atoms with Crippen LogP contribution < -0.4 is 9.47 Å². The van der Waals surface area contributed by atoms with Crippen LogP contribution in [0.2, 0.25) is 0 Å². The number of hydrogen-bond donors (Lipinski definition) is 0. The van der Waals surface area contributed by atoms with Crippen molar-refractivity contribution in [3.8, 4) is 11.5 Å². The zero-order valence-electron chi connectivity index (χ0n) is 18.1. The number of aryl methyl sites for hydroxylation is 1. The van der Waals surface area contributed by atoms with Crippen molar-refractivity contribution in [3.63, 3.8) is 0 Å². The number of benzene rings is 2. The van der Waals surface area contributed by atoms with Gasteiger partial charge in [0, 0.05) is 0 Å². The summed E-state index contributed by atoms with van der Waals surface area (Å²) in [5.74, 6) is 1.94. The molecule has 2 aromatic rings. The molecule has 154 valence electrons. The fourth-order valence-electron chi connectivity index (χ4n) is 2.56. The second-order valence-electron chi connectivity index (χ2n) is 7.05. The van der Waals surface area contributed by atoms with Crippen LogP contribution in [0.1, 0.15) is 69.9 Å². The van der Waals surface area contributed by atoms with Crippen LogP contribution in [0.4, 0.5) is 0 Å². The third-order valence-corrected chi connectivity index (χ3v) is 4.42. The van der Waals surface area contributed by atoms with Gasteiger partial charge >= 0.3 is 0 Å². The summed E-state index contributed by atoms with van der Waals surface area (Å²) in [5.41, 5.74) is 2.41. The van der Waals surface area contributed by atoms with Crippen LogP contribution in [0.3, 0.4) is 0 Å². The van der Waals surface area contributed by atoms with Gasteiger partial charge in [0.1, 0.15) is 11.5 Å². The first-order valence-corrected chi connectivity index (χ1v) is 10.7. The molecule has 2 nitrogen and oxygen atoms in total. The third kappa shape index (κ3) is 11.5. The van der Waals surface area contributed by atoms with Gasteiger partial charge in [-0.2, -0.15) is 0 Å². The maximum Gasteiger partial charge on any atom is 0.119 e. The fourth-order valence-corrected chi connectivity index (χ4v) is 2.56. The minimum atomic E-state index is 0.831. The first-order valence-electron chi connectivity index (χ1n) is 10.7. The SMILES string of the molecule is C=Cc1ccc(OCCCCCCC)cc1.CCCCOc1ccc(C)cc1. The van der Waals surface area contributed by atoms with E-state index < -0.39 is 0 Å². The lowest BCUT2D eigenvalue weighted by Crippen LogP contribution is -1.97. The second kappa shape index (κ2) is 15.8. The Labute approximate surface area is 172 Å². The van der Waals surface area contributed by atoms with Crippen molar-refractivity contribution in [2.24, 2.45) is 0 Å². The van der Waals surface area contributed by atoms with Crippen molar-refractivity contribution in [1.82, 2.24) is 0 Å². The maximum absolute atomic E-state index is 5.65. The van der Waals surface area contributed by atoms with E-state index in [1.807, 2.05) is 42.5 Å². The monoisotopic (exact) mass is 382 g/mol. The zero-order chi connectivity index (χ0) is 20.5. The highest BCUT2D eigenvalue weighted by molar-refractivity contribution is 5.48. The molecule has 0 unspecified atom stereocenters. The highest BCUT2D eigenvalue weighted by Gasteiger charge is 1.94. The van der Waals surface area contributed by atoms with Crippen molar-refractivity contribution in [1.29, 1.82) is 0 Å². The minimum absolute atomic E-state index is 0.831. The fraction of sp³-hybridized carbons (Fsp3) is 0.462. The molecule has 0 aliphatic heterocycles. The van der Waals surface area contributed by atoms with Gasteiger partial charge in [0.15, 0.2) is 0 Å². The molecule has 0 bridgehead atoms. The van der Waals surface area contributed by atoms with Crippen LogP contribution in [0.5, 0.6) is 11.5 Å². The smallest absolute Gasteiger partial charge is 0.119 e. The molecule has 2 heteroatoms. The Balaban J connectivity index is 0.000000292. The molecule has 0 aromatic heterocycles. The molecule has 0 atom stereocenters. The predicted octanol–water partition coefficient (Wildman–Crippen LogP) is 7.85. The topological polar surface area (TPSA) is 18.5 Å². The summed E-state index contributed by atoms with van der Waals surface area (Å²) >= 11 is 0. The lowest BCUT2D eigenvalue weighted by molar-refractivity contribution is 0.304. The van der Waals surface area contributed by atoms with Crippen molar-refractivity contribution < 1.29 is 9.47 Å². The predicted molar refractivity (Wildman–Crippen MR) is 122 cm³/mol. The van der Waals surface area contributed by atoms with Crippen LogP contribution in [-0.4, -0.2) is 13.2 Å². The highest BCUT2D eigenvalue weighted by atomic mass is 16.5. The summed E-state index contributed by atoms with van der Waals surface area (Å²) in [6.07, 6.45) is 10.6. The molecular weight excluding hydrogens is 344 g/mol. The molecule has 0 saturated heterocycles. The van der Waals surface area contributed by atoms with Gasteiger partial charge < -0.3 is 9.47 Å². The normalized spacial score (nSPS) is 9.96. The van der Waals surface area contributed by atoms with Crippen molar-refractivity contribution in [2.45, 2.75) is 65.7 Å². The number of unbranched alkanes of at least 4 members (excludes halogenated alkanes) is 5. The summed E-state index contributed by atoms with van der Waals surface area (Å²) < 4.78 is 11.2. The van der Waals surface area contributed by atoms with E-state index in [2.05, 4.69) is 39.5 Å². The first-order chi connectivity index (χ1) is 13.7. The Morgan fingerprint density at radius 2 is 1.18 bits per heavy atom. The van der Waals surface area contributed by atoms with Gasteiger partial charge in [-0.3, -0.25) is 0 Å². The van der Waals surface area contributed by atoms with Gasteiger partial charge in [-0.05, 0) is 49.6 Å². The molecule has 0 spiro atoms. The largest absolute Gasteiger partial charge is 0.494 e. The van der Waals surface area contributed by atoms with E-state index in [4.69, 9.17) is 9.47 Å². The molecular formula is C26H38O2. The van der Waals surface area contributed by atoms with Crippen LogP contribution in [0.15, 0.2) is 55.1 Å². The van der Waals surface area contributed by atoms with Gasteiger partial charge in [-0.25, -0.2) is 0 Å². The Bertz CT molecular complexity index is 614. The quantitative estimate of drug-likeness (QED) is 0.348. The summed E-state index contributed by atoms with van der Waals surface area (Å²) in [6.45, 7) is 11.9. The number of hydrogen-bond acceptors (Lipinski definition) is 2. The van der Waals surface area contributed by atoms with E-state index in [0.29, 0.717) is 0 Å². The molecule has 0 fully saturated rings. The van der Waals surface area contributed by atoms with Crippen molar-refractivity contribution >= 4 is 6.08 Å². The van der Waals surface area contributed by atoms with E-state index in [0.717, 1.165) is 43.1 Å². The second-order valence-corrected chi connectivity index (χ2v) is 7.05. The van der Waals surface area contributed by atoms with Crippen molar-refractivity contribution in [2.75, 3.05) is 13.2 Å². The Kier molecular flexibility index (Phi) is 13.4. The summed E-state index contributed by atoms with van der Waals surface area (Å²) in [5, 5.41) is 0. The van der Waals surface area contributed by atoms with E-state index >= 15 is 0 Å². The van der Waals surface area contributed by atoms with Crippen molar-refractivity contribution in [3.05, 3.63) is 66.2 Å². The third-order valence-electron chi connectivity index (χ3n) is 4.42. The Morgan fingerprint density at radius 1 is 0.679 bits per heavy atom. The summed E-state index contributed by atoms with van der Waals surface area (Å²) in [6, 6.07) is 16.2. The van der Waals surface area contributed by atoms with E-state index in [1.165, 1.54) is 37.7 Å². The molecule has 0 radical (unpaired) electrons. The van der Waals surface area contributed by atoms with Gasteiger partial charge in [0.2, 0.25) is 0 Å². The van der Waals surface area contributed by atoms with Crippen LogP contribution in [-0.2, 0) is 0 Å². The van der Waals surface area contributed by atoms with Crippen LogP contribution in [0, 0.1) is 6.92 Å². The molecule has 0 aliphatic rings. The van der Waals surface area contributed by atoms with Gasteiger partial charge in [-0.15, -0.1) is 0 Å². The van der Waals surface area contributed by atoms with E-state index in [1.54, 1.807) is 0 Å². The molecule has 0 saturated carbocycles. The molecule has 2 aromatic carbocycles. The highest BCUT2D eigenvalue weighted by Crippen LogP contribution is 2.14. The zero-order valence-corrected chi connectivity index (χ0v) is 18.1. The number of ether oxygens (including phenoxy) is 2. The van der Waals surface area contributed by atoms with Crippen LogP contribution >= 0.6 is 0 Å². The van der Waals surface area contributed by atoms with Gasteiger partial charge in [-0.1, -0.05) is 88.4 Å². The summed E-state index contributed by atoms with van der Waals surface area (Å²) in [7, 11) is 0. The lowest BCUT2D eigenvalue weighted by Gasteiger charge is -2.06. The van der Waals surface area contributed by atoms with E-state index in [9.17, 15) is 0 Å². The average molecular weight is 383 g/mol. The molecule has 0 amide bonds.